The third kappa shape index (κ3) is 2.16. The van der Waals surface area contributed by atoms with Crippen molar-refractivity contribution in [1.29, 1.82) is 0 Å². The summed E-state index contributed by atoms with van der Waals surface area (Å²) in [6, 6.07) is 20.2. The third-order valence-corrected chi connectivity index (χ3v) is 4.12. The Bertz CT molecular complexity index is 1030. The molecule has 112 valence electrons. The molecule has 4 rings (SSSR count). The molecule has 1 aromatic heterocycles. The second kappa shape index (κ2) is 5.25. The summed E-state index contributed by atoms with van der Waals surface area (Å²) < 4.78 is 0. The average Bonchev–Trinajstić information content (AvgIpc) is 3.04. The molecule has 4 nitrogen and oxygen atoms in total. The summed E-state index contributed by atoms with van der Waals surface area (Å²) in [5.74, 6) is 0. The van der Waals surface area contributed by atoms with E-state index in [1.807, 2.05) is 30.5 Å². The molecule has 0 aliphatic carbocycles. The molecule has 0 atom stereocenters. The summed E-state index contributed by atoms with van der Waals surface area (Å²) in [5.41, 5.74) is 3.42. The number of nitrogens with one attached hydrogen (secondary N) is 1. The van der Waals surface area contributed by atoms with E-state index in [9.17, 15) is 4.91 Å². The van der Waals surface area contributed by atoms with Gasteiger partial charge in [-0.3, -0.25) is 0 Å². The van der Waals surface area contributed by atoms with E-state index in [0.29, 0.717) is 10.6 Å². The molecule has 0 bridgehead atoms. The first-order valence-corrected chi connectivity index (χ1v) is 7.38. The summed E-state index contributed by atoms with van der Waals surface area (Å²) in [6.45, 7) is 0. The number of para-hydroxylation sites is 1. The molecule has 23 heavy (non-hydrogen) atoms. The predicted octanol–water partition coefficient (Wildman–Crippen LogP) is 4.96. The Balaban J connectivity index is 1.93. The van der Waals surface area contributed by atoms with Gasteiger partial charge in [0.15, 0.2) is 7.11 Å². The smallest absolute Gasteiger partial charge is 0.340 e. The average molecular weight is 303 g/mol. The monoisotopic (exact) mass is 303 g/mol. The van der Waals surface area contributed by atoms with Crippen LogP contribution in [0.3, 0.4) is 0 Å². The van der Waals surface area contributed by atoms with Gasteiger partial charge in [0, 0.05) is 23.2 Å². The van der Waals surface area contributed by atoms with Gasteiger partial charge in [0.2, 0.25) is 0 Å². The van der Waals surface area contributed by atoms with Crippen LogP contribution in [0.15, 0.2) is 66.9 Å². The minimum atomic E-state index is 0.469. The summed E-state index contributed by atoms with van der Waals surface area (Å²) in [4.78, 5) is 20.3. The summed E-state index contributed by atoms with van der Waals surface area (Å²) in [6.07, 6.45) is 1.93. The molecule has 0 aliphatic heterocycles. The van der Waals surface area contributed by atoms with Gasteiger partial charge in [0.25, 0.3) is 4.92 Å². The van der Waals surface area contributed by atoms with Crippen molar-refractivity contribution in [2.75, 3.05) is 7.11 Å². The van der Waals surface area contributed by atoms with Crippen LogP contribution >= 0.6 is 0 Å². The Hall–Kier alpha value is -3.14. The zero-order chi connectivity index (χ0) is 15.8. The van der Waals surface area contributed by atoms with Gasteiger partial charge in [-0.15, -0.1) is 0 Å². The van der Waals surface area contributed by atoms with Crippen molar-refractivity contribution in [3.8, 4) is 11.1 Å². The molecule has 0 saturated heterocycles. The number of fused-ring (bicyclic) bond motifs is 2. The maximum atomic E-state index is 11.8. The lowest BCUT2D eigenvalue weighted by atomic mass is 10.0. The van der Waals surface area contributed by atoms with Crippen molar-refractivity contribution in [2.24, 2.45) is 0 Å². The number of rotatable bonds is 3. The van der Waals surface area contributed by atoms with Gasteiger partial charge < -0.3 is 4.98 Å². The van der Waals surface area contributed by atoms with Crippen molar-refractivity contribution in [2.45, 2.75) is 0 Å². The SMILES string of the molecule is CO[N+](=O)c1cccc2c(-c3ccc4ccccc4c3)c[nH]c12. The van der Waals surface area contributed by atoms with Crippen LogP contribution in [0.2, 0.25) is 0 Å². The summed E-state index contributed by atoms with van der Waals surface area (Å²) in [7, 11) is 1.36. The molecule has 1 heterocycles. The maximum absolute atomic E-state index is 11.8. The zero-order valence-electron chi connectivity index (χ0n) is 12.6. The lowest BCUT2D eigenvalue weighted by Crippen LogP contribution is -1.98. The quantitative estimate of drug-likeness (QED) is 0.544. The Morgan fingerprint density at radius 1 is 0.957 bits per heavy atom. The van der Waals surface area contributed by atoms with Crippen LogP contribution in [0.4, 0.5) is 5.69 Å². The van der Waals surface area contributed by atoms with Gasteiger partial charge in [-0.25, -0.2) is 4.84 Å². The van der Waals surface area contributed by atoms with Gasteiger partial charge >= 0.3 is 5.69 Å². The predicted molar refractivity (Wildman–Crippen MR) is 91.5 cm³/mol. The third-order valence-electron chi connectivity index (χ3n) is 4.12. The molecule has 1 N–H and O–H groups in total. The van der Waals surface area contributed by atoms with E-state index in [0.717, 1.165) is 22.0 Å². The number of benzene rings is 3. The molecular formula is C19H15N2O2+. The van der Waals surface area contributed by atoms with E-state index >= 15 is 0 Å². The second-order valence-corrected chi connectivity index (χ2v) is 5.40. The molecule has 0 radical (unpaired) electrons. The summed E-state index contributed by atoms with van der Waals surface area (Å²) >= 11 is 0. The first kappa shape index (κ1) is 13.5. The molecule has 0 amide bonds. The minimum Gasteiger partial charge on any atom is -0.355 e. The number of nitrogens with zero attached hydrogens (tertiary/aromatic N) is 1. The van der Waals surface area contributed by atoms with Crippen molar-refractivity contribution in [1.82, 2.24) is 4.98 Å². The van der Waals surface area contributed by atoms with Crippen molar-refractivity contribution in [3.63, 3.8) is 0 Å². The molecule has 0 aliphatic rings. The fraction of sp³-hybridized carbons (Fsp3) is 0.0526. The first-order chi connectivity index (χ1) is 11.3. The van der Waals surface area contributed by atoms with E-state index in [1.54, 1.807) is 6.07 Å². The van der Waals surface area contributed by atoms with Gasteiger partial charge in [0.05, 0.1) is 4.91 Å². The van der Waals surface area contributed by atoms with E-state index in [-0.39, 0.29) is 0 Å². The van der Waals surface area contributed by atoms with Crippen LogP contribution in [0.1, 0.15) is 0 Å². The molecule has 4 heteroatoms. The van der Waals surface area contributed by atoms with Crippen LogP contribution in [0.5, 0.6) is 0 Å². The number of hydrogen-bond acceptors (Lipinski definition) is 2. The topological polar surface area (TPSA) is 45.1 Å². The minimum absolute atomic E-state index is 0.469. The second-order valence-electron chi connectivity index (χ2n) is 5.40. The highest BCUT2D eigenvalue weighted by molar-refractivity contribution is 6.01. The van der Waals surface area contributed by atoms with Crippen LogP contribution < -0.4 is 0 Å². The van der Waals surface area contributed by atoms with Gasteiger partial charge in [-0.1, -0.05) is 48.5 Å². The molecule has 4 aromatic rings. The van der Waals surface area contributed by atoms with Gasteiger partial charge in [-0.05, 0) is 22.4 Å². The molecular weight excluding hydrogens is 288 g/mol. The van der Waals surface area contributed by atoms with Crippen molar-refractivity contribution >= 4 is 27.4 Å². The maximum Gasteiger partial charge on any atom is 0.340 e. The molecule has 0 spiro atoms. The van der Waals surface area contributed by atoms with E-state index < -0.39 is 0 Å². The lowest BCUT2D eigenvalue weighted by Gasteiger charge is -2.03. The van der Waals surface area contributed by atoms with Crippen LogP contribution in [0.25, 0.3) is 32.8 Å². The zero-order valence-corrected chi connectivity index (χ0v) is 12.6. The van der Waals surface area contributed by atoms with Crippen molar-refractivity contribution < 1.29 is 9.76 Å². The molecule has 0 unspecified atom stereocenters. The Labute approximate surface area is 132 Å². The Kier molecular flexibility index (Phi) is 3.08. The van der Waals surface area contributed by atoms with E-state index in [4.69, 9.17) is 4.84 Å². The number of aromatic amines is 1. The number of aromatic nitrogens is 1. The molecule has 3 aromatic carbocycles. The Morgan fingerprint density at radius 3 is 2.61 bits per heavy atom. The van der Waals surface area contributed by atoms with Crippen LogP contribution in [-0.2, 0) is 4.84 Å². The van der Waals surface area contributed by atoms with Crippen LogP contribution in [-0.4, -0.2) is 17.0 Å². The van der Waals surface area contributed by atoms with Crippen molar-refractivity contribution in [3.05, 3.63) is 71.8 Å². The highest BCUT2D eigenvalue weighted by Crippen LogP contribution is 2.34. The number of H-pyrrole nitrogens is 1. The lowest BCUT2D eigenvalue weighted by molar-refractivity contribution is -0.735. The largest absolute Gasteiger partial charge is 0.355 e. The number of hydrogen-bond donors (Lipinski definition) is 1. The summed E-state index contributed by atoms with van der Waals surface area (Å²) in [5, 5.41) is 3.40. The van der Waals surface area contributed by atoms with Gasteiger partial charge in [-0.2, -0.15) is 0 Å². The highest BCUT2D eigenvalue weighted by Gasteiger charge is 2.21. The normalized spacial score (nSPS) is 11.0. The standard InChI is InChI=1S/C19H15N2O2/c1-23-21(22)18-8-4-7-16-17(12-20-19(16)18)15-10-9-13-5-2-3-6-14(13)11-15/h2-12,20H,1H3/q+1. The van der Waals surface area contributed by atoms with E-state index in [2.05, 4.69) is 35.3 Å². The molecule has 0 saturated carbocycles. The Morgan fingerprint density at radius 2 is 1.78 bits per heavy atom. The first-order valence-electron chi connectivity index (χ1n) is 7.38. The highest BCUT2D eigenvalue weighted by atomic mass is 16.8. The fourth-order valence-corrected chi connectivity index (χ4v) is 2.98. The van der Waals surface area contributed by atoms with Crippen LogP contribution in [0, 0.1) is 4.91 Å². The molecule has 0 fully saturated rings. The fourth-order valence-electron chi connectivity index (χ4n) is 2.98. The van der Waals surface area contributed by atoms with E-state index in [1.165, 1.54) is 17.9 Å². The van der Waals surface area contributed by atoms with Gasteiger partial charge in [0.1, 0.15) is 5.52 Å².